The van der Waals surface area contributed by atoms with Gasteiger partial charge in [-0.25, -0.2) is 0 Å². The first-order valence-electron chi connectivity index (χ1n) is 11.6. The van der Waals surface area contributed by atoms with Crippen LogP contribution in [0.2, 0.25) is 0 Å². The Hall–Kier alpha value is -3.48. The van der Waals surface area contributed by atoms with Crippen molar-refractivity contribution in [2.24, 2.45) is 0 Å². The second-order valence-corrected chi connectivity index (χ2v) is 8.60. The van der Waals surface area contributed by atoms with E-state index in [1.165, 1.54) is 0 Å². The van der Waals surface area contributed by atoms with Gasteiger partial charge in [-0.3, -0.25) is 9.59 Å². The molecule has 34 heavy (non-hydrogen) atoms. The average Bonchev–Trinajstić information content (AvgIpc) is 2.85. The Labute approximate surface area is 200 Å². The highest BCUT2D eigenvalue weighted by atomic mass is 16.5. The number of ether oxygens (including phenoxy) is 4. The van der Waals surface area contributed by atoms with Crippen LogP contribution in [0.15, 0.2) is 47.7 Å². The minimum atomic E-state index is -0.252. The smallest absolute Gasteiger partial charge is 0.225 e. The fourth-order valence-electron chi connectivity index (χ4n) is 4.83. The van der Waals surface area contributed by atoms with Gasteiger partial charge in [0.25, 0.3) is 0 Å². The summed E-state index contributed by atoms with van der Waals surface area (Å²) in [6, 6.07) is 11.5. The van der Waals surface area contributed by atoms with Crippen molar-refractivity contribution >= 4 is 11.7 Å². The Bertz CT molecular complexity index is 1080. The molecule has 0 bridgehead atoms. The molecule has 4 rings (SSSR count). The maximum absolute atomic E-state index is 13.4. The highest BCUT2D eigenvalue weighted by Crippen LogP contribution is 2.46. The molecule has 1 amide bonds. The molecule has 0 saturated heterocycles. The van der Waals surface area contributed by atoms with E-state index in [0.717, 1.165) is 23.3 Å². The van der Waals surface area contributed by atoms with Gasteiger partial charge >= 0.3 is 0 Å². The number of methoxy groups -OCH3 is 3. The molecule has 2 atom stereocenters. The van der Waals surface area contributed by atoms with Crippen LogP contribution < -0.4 is 24.3 Å². The van der Waals surface area contributed by atoms with Gasteiger partial charge in [-0.05, 0) is 54.2 Å². The summed E-state index contributed by atoms with van der Waals surface area (Å²) in [6.45, 7) is 2.71. The summed E-state index contributed by atoms with van der Waals surface area (Å²) in [5.41, 5.74) is 3.28. The maximum Gasteiger partial charge on any atom is 0.225 e. The fraction of sp³-hybridized carbons (Fsp3) is 0.407. The Morgan fingerprint density at radius 3 is 2.15 bits per heavy atom. The SMILES string of the molecule is CCCOc1ccc(C2CC(=O)NC3=C2C(=O)CC(c2cc(OC)c(OC)c(OC)c2)C3)cc1. The number of Topliss-reactive ketones (excluding diaryl/α,β-unsaturated/α-hetero) is 1. The van der Waals surface area contributed by atoms with Crippen molar-refractivity contribution < 1.29 is 28.5 Å². The largest absolute Gasteiger partial charge is 0.494 e. The molecule has 1 N–H and O–H groups in total. The first-order valence-corrected chi connectivity index (χ1v) is 11.6. The molecule has 7 nitrogen and oxygen atoms in total. The number of nitrogens with one attached hydrogen (secondary N) is 1. The van der Waals surface area contributed by atoms with E-state index in [4.69, 9.17) is 18.9 Å². The molecule has 2 unspecified atom stereocenters. The molecular formula is C27H31NO6. The number of carbonyl (C=O) groups is 2. The molecule has 180 valence electrons. The monoisotopic (exact) mass is 465 g/mol. The van der Waals surface area contributed by atoms with Crippen molar-refractivity contribution in [2.45, 2.75) is 44.4 Å². The topological polar surface area (TPSA) is 83.1 Å². The summed E-state index contributed by atoms with van der Waals surface area (Å²) in [5.74, 6) is 2.00. The van der Waals surface area contributed by atoms with Gasteiger partial charge in [0.2, 0.25) is 11.7 Å². The average molecular weight is 466 g/mol. The highest BCUT2D eigenvalue weighted by Gasteiger charge is 2.38. The molecule has 0 spiro atoms. The fourth-order valence-corrected chi connectivity index (χ4v) is 4.83. The van der Waals surface area contributed by atoms with Gasteiger partial charge in [-0.2, -0.15) is 0 Å². The molecule has 2 aliphatic rings. The number of benzene rings is 2. The van der Waals surface area contributed by atoms with Gasteiger partial charge in [0.1, 0.15) is 5.75 Å². The van der Waals surface area contributed by atoms with Crippen LogP contribution in [0.4, 0.5) is 0 Å². The highest BCUT2D eigenvalue weighted by molar-refractivity contribution is 6.02. The van der Waals surface area contributed by atoms with Crippen molar-refractivity contribution in [3.8, 4) is 23.0 Å². The zero-order valence-corrected chi connectivity index (χ0v) is 20.1. The Kier molecular flexibility index (Phi) is 7.10. The lowest BCUT2D eigenvalue weighted by Gasteiger charge is -2.34. The van der Waals surface area contributed by atoms with Crippen molar-refractivity contribution in [2.75, 3.05) is 27.9 Å². The lowest BCUT2D eigenvalue weighted by Crippen LogP contribution is -2.38. The number of ketones is 1. The van der Waals surface area contributed by atoms with Gasteiger partial charge in [0.15, 0.2) is 17.3 Å². The second kappa shape index (κ2) is 10.2. The van der Waals surface area contributed by atoms with E-state index >= 15 is 0 Å². The molecule has 0 aromatic heterocycles. The molecule has 1 aliphatic carbocycles. The van der Waals surface area contributed by atoms with E-state index < -0.39 is 0 Å². The number of hydrogen-bond acceptors (Lipinski definition) is 6. The Balaban J connectivity index is 1.65. The first kappa shape index (κ1) is 23.7. The van der Waals surface area contributed by atoms with Crippen LogP contribution in [-0.4, -0.2) is 39.6 Å². The van der Waals surface area contributed by atoms with Crippen molar-refractivity contribution in [3.05, 3.63) is 58.8 Å². The number of hydrogen-bond donors (Lipinski definition) is 1. The lowest BCUT2D eigenvalue weighted by molar-refractivity contribution is -0.122. The van der Waals surface area contributed by atoms with Gasteiger partial charge in [0, 0.05) is 30.0 Å². The molecule has 2 aromatic carbocycles. The zero-order chi connectivity index (χ0) is 24.2. The molecule has 0 radical (unpaired) electrons. The van der Waals surface area contributed by atoms with Gasteiger partial charge in [-0.1, -0.05) is 19.1 Å². The minimum Gasteiger partial charge on any atom is -0.494 e. The van der Waals surface area contributed by atoms with Crippen molar-refractivity contribution in [3.63, 3.8) is 0 Å². The number of carbonyl (C=O) groups excluding carboxylic acids is 2. The third kappa shape index (κ3) is 4.60. The van der Waals surface area contributed by atoms with Crippen molar-refractivity contribution in [1.29, 1.82) is 0 Å². The number of amides is 1. The number of rotatable bonds is 8. The molecule has 1 heterocycles. The van der Waals surface area contributed by atoms with E-state index in [0.29, 0.717) is 48.0 Å². The van der Waals surface area contributed by atoms with E-state index in [-0.39, 0.29) is 29.9 Å². The summed E-state index contributed by atoms with van der Waals surface area (Å²) in [7, 11) is 4.69. The summed E-state index contributed by atoms with van der Waals surface area (Å²) in [5, 5.41) is 2.98. The lowest BCUT2D eigenvalue weighted by atomic mass is 9.73. The first-order chi connectivity index (χ1) is 16.5. The molecule has 2 aromatic rings. The zero-order valence-electron chi connectivity index (χ0n) is 20.1. The normalized spacial score (nSPS) is 19.9. The van der Waals surface area contributed by atoms with Gasteiger partial charge in [-0.15, -0.1) is 0 Å². The van der Waals surface area contributed by atoms with Crippen LogP contribution in [0.25, 0.3) is 0 Å². The molecule has 7 heteroatoms. The summed E-state index contributed by atoms with van der Waals surface area (Å²) < 4.78 is 22.1. The predicted molar refractivity (Wildman–Crippen MR) is 128 cm³/mol. The Morgan fingerprint density at radius 1 is 0.882 bits per heavy atom. The number of allylic oxidation sites excluding steroid dienone is 2. The summed E-state index contributed by atoms with van der Waals surface area (Å²) in [4.78, 5) is 26.0. The van der Waals surface area contributed by atoms with E-state index in [2.05, 4.69) is 12.2 Å². The predicted octanol–water partition coefficient (Wildman–Crippen LogP) is 4.51. The van der Waals surface area contributed by atoms with E-state index in [1.807, 2.05) is 36.4 Å². The maximum atomic E-state index is 13.4. The van der Waals surface area contributed by atoms with Crippen LogP contribution in [0.1, 0.15) is 55.6 Å². The molecule has 1 aliphatic heterocycles. The molecule has 0 saturated carbocycles. The third-order valence-corrected chi connectivity index (χ3v) is 6.45. The summed E-state index contributed by atoms with van der Waals surface area (Å²) >= 11 is 0. The van der Waals surface area contributed by atoms with Crippen LogP contribution in [0.3, 0.4) is 0 Å². The van der Waals surface area contributed by atoms with Gasteiger partial charge < -0.3 is 24.3 Å². The quantitative estimate of drug-likeness (QED) is 0.618. The van der Waals surface area contributed by atoms with E-state index in [1.54, 1.807) is 21.3 Å². The standard InChI is InChI=1S/C27H31NO6/c1-5-10-34-19-8-6-16(7-9-19)20-15-25(30)28-21-11-17(12-22(29)26(20)21)18-13-23(31-2)27(33-4)24(14-18)32-3/h6-9,13-14,17,20H,5,10-12,15H2,1-4H3,(H,28,30). The van der Waals surface area contributed by atoms with Gasteiger partial charge in [0.05, 0.1) is 27.9 Å². The second-order valence-electron chi connectivity index (χ2n) is 8.60. The minimum absolute atomic E-state index is 0.0521. The van der Waals surface area contributed by atoms with Crippen LogP contribution in [-0.2, 0) is 9.59 Å². The van der Waals surface area contributed by atoms with Crippen LogP contribution in [0, 0.1) is 0 Å². The van der Waals surface area contributed by atoms with Crippen molar-refractivity contribution in [1.82, 2.24) is 5.32 Å². The summed E-state index contributed by atoms with van der Waals surface area (Å²) in [6.07, 6.45) is 2.10. The van der Waals surface area contributed by atoms with Crippen LogP contribution in [0.5, 0.6) is 23.0 Å². The molecule has 0 fully saturated rings. The Morgan fingerprint density at radius 2 is 1.56 bits per heavy atom. The van der Waals surface area contributed by atoms with E-state index in [9.17, 15) is 9.59 Å². The van der Waals surface area contributed by atoms with Crippen LogP contribution >= 0.6 is 0 Å². The molecular weight excluding hydrogens is 434 g/mol. The third-order valence-electron chi connectivity index (χ3n) is 6.45.